The lowest BCUT2D eigenvalue weighted by molar-refractivity contribution is 0.669. The fraction of sp³-hybridized carbons (Fsp3) is 0. The van der Waals surface area contributed by atoms with Crippen molar-refractivity contribution < 1.29 is 4.42 Å². The van der Waals surface area contributed by atoms with Crippen molar-refractivity contribution in [3.8, 4) is 33.6 Å². The van der Waals surface area contributed by atoms with Gasteiger partial charge in [0.05, 0.1) is 22.1 Å². The van der Waals surface area contributed by atoms with Crippen LogP contribution >= 0.6 is 0 Å². The van der Waals surface area contributed by atoms with Gasteiger partial charge in [-0.1, -0.05) is 127 Å². The molecule has 0 aliphatic heterocycles. The lowest BCUT2D eigenvalue weighted by atomic mass is 9.91. The van der Waals surface area contributed by atoms with Crippen LogP contribution in [0.3, 0.4) is 0 Å². The molecule has 0 spiro atoms. The van der Waals surface area contributed by atoms with E-state index in [0.29, 0.717) is 0 Å². The highest BCUT2D eigenvalue weighted by Crippen LogP contribution is 2.45. The minimum atomic E-state index is 0.898. The molecule has 0 aliphatic rings. The Balaban J connectivity index is 1.27. The van der Waals surface area contributed by atoms with E-state index in [1.807, 2.05) is 12.1 Å². The van der Waals surface area contributed by atoms with Crippen LogP contribution in [0, 0.1) is 0 Å². The van der Waals surface area contributed by atoms with Crippen LogP contribution in [0.5, 0.6) is 0 Å². The Bertz CT molecular complexity index is 3130. The summed E-state index contributed by atoms with van der Waals surface area (Å²) in [6, 6.07) is 65.6. The fourth-order valence-corrected chi connectivity index (χ4v) is 8.31. The number of benzene rings is 8. The quantitative estimate of drug-likeness (QED) is 0.186. The maximum absolute atomic E-state index is 6.23. The Hall–Kier alpha value is -6.84. The van der Waals surface area contributed by atoms with E-state index >= 15 is 0 Å². The largest absolute Gasteiger partial charge is 0.456 e. The molecule has 0 amide bonds. The predicted octanol–water partition coefficient (Wildman–Crippen LogP) is 13.1. The molecule has 238 valence electrons. The second kappa shape index (κ2) is 10.8. The molecule has 3 heteroatoms. The van der Waals surface area contributed by atoms with Crippen molar-refractivity contribution in [2.45, 2.75) is 0 Å². The molecular weight excluding hydrogens is 621 g/mol. The SMILES string of the molecule is c1ccc(-c2ccc3c4ccccc4n(-c4ccccc4)c3c2-c2ccc3c4ccccc4n(-c4ccc5oc6ccccc6c5c4)c3c2)cc1. The maximum Gasteiger partial charge on any atom is 0.135 e. The Morgan fingerprint density at radius 2 is 0.941 bits per heavy atom. The number of para-hydroxylation sites is 4. The lowest BCUT2D eigenvalue weighted by Crippen LogP contribution is -1.97. The third-order valence-electron chi connectivity index (χ3n) is 10.5. The van der Waals surface area contributed by atoms with E-state index in [4.69, 9.17) is 4.42 Å². The van der Waals surface area contributed by atoms with Crippen LogP contribution in [0.25, 0.3) is 99.2 Å². The average Bonchev–Trinajstić information content (AvgIpc) is 3.85. The Labute approximate surface area is 293 Å². The zero-order valence-corrected chi connectivity index (χ0v) is 27.6. The van der Waals surface area contributed by atoms with E-state index in [-0.39, 0.29) is 0 Å². The van der Waals surface area contributed by atoms with Crippen LogP contribution in [0.1, 0.15) is 0 Å². The van der Waals surface area contributed by atoms with E-state index in [1.165, 1.54) is 65.9 Å². The summed E-state index contributed by atoms with van der Waals surface area (Å²) < 4.78 is 11.1. The zero-order valence-electron chi connectivity index (χ0n) is 27.6. The molecule has 0 saturated heterocycles. The highest BCUT2D eigenvalue weighted by Gasteiger charge is 2.22. The van der Waals surface area contributed by atoms with Gasteiger partial charge in [-0.05, 0) is 71.3 Å². The first-order valence-electron chi connectivity index (χ1n) is 17.4. The summed E-state index contributed by atoms with van der Waals surface area (Å²) in [5, 5.41) is 7.19. The molecule has 0 atom stereocenters. The van der Waals surface area contributed by atoms with Gasteiger partial charge in [-0.25, -0.2) is 0 Å². The van der Waals surface area contributed by atoms with Gasteiger partial charge < -0.3 is 13.6 Å². The van der Waals surface area contributed by atoms with E-state index in [0.717, 1.165) is 33.3 Å². The first kappa shape index (κ1) is 28.0. The highest BCUT2D eigenvalue weighted by atomic mass is 16.3. The van der Waals surface area contributed by atoms with Gasteiger partial charge in [-0.3, -0.25) is 0 Å². The summed E-state index contributed by atoms with van der Waals surface area (Å²) in [5.74, 6) is 0. The molecule has 8 aromatic carbocycles. The van der Waals surface area contributed by atoms with Crippen LogP contribution in [0.4, 0.5) is 0 Å². The van der Waals surface area contributed by atoms with Gasteiger partial charge in [-0.15, -0.1) is 0 Å². The van der Waals surface area contributed by atoms with Crippen molar-refractivity contribution >= 4 is 65.6 Å². The fourth-order valence-electron chi connectivity index (χ4n) is 8.31. The van der Waals surface area contributed by atoms with Crippen LogP contribution < -0.4 is 0 Å². The molecule has 3 heterocycles. The van der Waals surface area contributed by atoms with Crippen molar-refractivity contribution in [1.82, 2.24) is 9.13 Å². The number of fused-ring (bicyclic) bond motifs is 9. The Morgan fingerprint density at radius 1 is 0.333 bits per heavy atom. The number of hydrogen-bond acceptors (Lipinski definition) is 1. The van der Waals surface area contributed by atoms with Gasteiger partial charge in [0.1, 0.15) is 11.2 Å². The van der Waals surface area contributed by atoms with Crippen LogP contribution in [0.15, 0.2) is 186 Å². The molecule has 11 aromatic rings. The second-order valence-electron chi connectivity index (χ2n) is 13.3. The maximum atomic E-state index is 6.23. The molecule has 3 aromatic heterocycles. The number of nitrogens with zero attached hydrogens (tertiary/aromatic N) is 2. The smallest absolute Gasteiger partial charge is 0.135 e. The molecule has 3 nitrogen and oxygen atoms in total. The van der Waals surface area contributed by atoms with Crippen molar-refractivity contribution in [3.63, 3.8) is 0 Å². The first-order valence-corrected chi connectivity index (χ1v) is 17.4. The molecule has 0 aliphatic carbocycles. The van der Waals surface area contributed by atoms with Crippen molar-refractivity contribution in [2.75, 3.05) is 0 Å². The van der Waals surface area contributed by atoms with Crippen LogP contribution in [0.2, 0.25) is 0 Å². The Morgan fingerprint density at radius 3 is 1.75 bits per heavy atom. The van der Waals surface area contributed by atoms with Gasteiger partial charge in [0.2, 0.25) is 0 Å². The first-order chi connectivity index (χ1) is 25.3. The molecule has 0 radical (unpaired) electrons. The van der Waals surface area contributed by atoms with Crippen molar-refractivity contribution in [3.05, 3.63) is 182 Å². The standard InChI is InChI=1S/C48H30N2O/c1-3-13-31(14-4-1)35-26-27-40-37-18-8-11-21-43(37)50(33-15-5-2-6-16-33)48(40)47(35)32-23-25-38-36-17-7-10-20-42(36)49(44(38)29-32)34-24-28-46-41(30-34)39-19-9-12-22-45(39)51-46/h1-30H. The third-order valence-corrected chi connectivity index (χ3v) is 10.5. The molecule has 51 heavy (non-hydrogen) atoms. The molecule has 0 fully saturated rings. The molecule has 0 bridgehead atoms. The highest BCUT2D eigenvalue weighted by molar-refractivity contribution is 6.18. The normalized spacial score (nSPS) is 11.9. The monoisotopic (exact) mass is 650 g/mol. The molecule has 11 rings (SSSR count). The zero-order chi connectivity index (χ0) is 33.5. The second-order valence-corrected chi connectivity index (χ2v) is 13.3. The Kier molecular flexibility index (Phi) is 5.96. The van der Waals surface area contributed by atoms with E-state index in [9.17, 15) is 0 Å². The van der Waals surface area contributed by atoms with E-state index in [1.54, 1.807) is 0 Å². The van der Waals surface area contributed by atoms with Gasteiger partial charge >= 0.3 is 0 Å². The van der Waals surface area contributed by atoms with Crippen molar-refractivity contribution in [2.24, 2.45) is 0 Å². The summed E-state index contributed by atoms with van der Waals surface area (Å²) in [7, 11) is 0. The van der Waals surface area contributed by atoms with Gasteiger partial charge in [0.25, 0.3) is 0 Å². The van der Waals surface area contributed by atoms with E-state index in [2.05, 4.69) is 179 Å². The number of aromatic nitrogens is 2. The molecule has 0 unspecified atom stereocenters. The number of hydrogen-bond donors (Lipinski definition) is 0. The van der Waals surface area contributed by atoms with Gasteiger partial charge in [0.15, 0.2) is 0 Å². The number of rotatable bonds is 4. The summed E-state index contributed by atoms with van der Waals surface area (Å²) in [6.07, 6.45) is 0. The summed E-state index contributed by atoms with van der Waals surface area (Å²) >= 11 is 0. The van der Waals surface area contributed by atoms with Gasteiger partial charge in [-0.2, -0.15) is 0 Å². The van der Waals surface area contributed by atoms with Crippen LogP contribution in [-0.4, -0.2) is 9.13 Å². The van der Waals surface area contributed by atoms with Crippen LogP contribution in [-0.2, 0) is 0 Å². The average molecular weight is 651 g/mol. The topological polar surface area (TPSA) is 23.0 Å². The van der Waals surface area contributed by atoms with Crippen molar-refractivity contribution in [1.29, 1.82) is 0 Å². The minimum absolute atomic E-state index is 0.898. The molecule has 0 saturated carbocycles. The lowest BCUT2D eigenvalue weighted by Gasteiger charge is -2.17. The number of furan rings is 1. The molecular formula is C48H30N2O. The third kappa shape index (κ3) is 4.12. The van der Waals surface area contributed by atoms with E-state index < -0.39 is 0 Å². The minimum Gasteiger partial charge on any atom is -0.456 e. The van der Waals surface area contributed by atoms with Gasteiger partial charge in [0, 0.05) is 49.3 Å². The molecule has 0 N–H and O–H groups in total. The summed E-state index contributed by atoms with van der Waals surface area (Å²) in [5.41, 5.74) is 13.6. The summed E-state index contributed by atoms with van der Waals surface area (Å²) in [6.45, 7) is 0. The predicted molar refractivity (Wildman–Crippen MR) is 213 cm³/mol. The summed E-state index contributed by atoms with van der Waals surface area (Å²) in [4.78, 5) is 0.